The number of methoxy groups -OCH3 is 1. The number of rotatable bonds is 6. The minimum absolute atomic E-state index is 0.681. The van der Waals surface area contributed by atoms with Gasteiger partial charge in [0.05, 0.1) is 12.8 Å². The first kappa shape index (κ1) is 16.2. The molecule has 0 aromatic heterocycles. The predicted octanol–water partition coefficient (Wildman–Crippen LogP) is 3.68. The van der Waals surface area contributed by atoms with Gasteiger partial charge in [0.2, 0.25) is 0 Å². The van der Waals surface area contributed by atoms with Crippen molar-refractivity contribution in [2.24, 2.45) is 11.8 Å². The fourth-order valence-corrected chi connectivity index (χ4v) is 3.01. The van der Waals surface area contributed by atoms with Gasteiger partial charge in [-0.2, -0.15) is 0 Å². The third-order valence-corrected chi connectivity index (χ3v) is 4.12. The smallest absolute Gasteiger partial charge is 0.142 e. The number of piperidine rings is 1. The zero-order chi connectivity index (χ0) is 15.2. The van der Waals surface area contributed by atoms with E-state index in [1.54, 1.807) is 7.11 Å². The molecule has 1 heterocycles. The van der Waals surface area contributed by atoms with Crippen molar-refractivity contribution in [1.82, 2.24) is 5.32 Å². The van der Waals surface area contributed by atoms with Gasteiger partial charge in [-0.25, -0.2) is 0 Å². The molecule has 1 aromatic rings. The maximum Gasteiger partial charge on any atom is 0.142 e. The molecule has 1 unspecified atom stereocenters. The van der Waals surface area contributed by atoms with Gasteiger partial charge in [-0.3, -0.25) is 0 Å². The van der Waals surface area contributed by atoms with Crippen LogP contribution in [0.15, 0.2) is 18.2 Å². The molecule has 0 aliphatic carbocycles. The minimum Gasteiger partial charge on any atom is -0.495 e. The maximum atomic E-state index is 5.63. The summed E-state index contributed by atoms with van der Waals surface area (Å²) in [6.07, 6.45) is 2.62. The predicted molar refractivity (Wildman–Crippen MR) is 90.1 cm³/mol. The average molecular weight is 290 g/mol. The van der Waals surface area contributed by atoms with Gasteiger partial charge >= 0.3 is 0 Å². The van der Waals surface area contributed by atoms with Crippen molar-refractivity contribution >= 4 is 5.69 Å². The van der Waals surface area contributed by atoms with Crippen molar-refractivity contribution in [3.63, 3.8) is 0 Å². The Hall–Kier alpha value is -1.22. The second kappa shape index (κ2) is 7.69. The Morgan fingerprint density at radius 1 is 1.38 bits per heavy atom. The summed E-state index contributed by atoms with van der Waals surface area (Å²) in [5.41, 5.74) is 2.54. The number of benzene rings is 1. The second-order valence-corrected chi connectivity index (χ2v) is 6.72. The Morgan fingerprint density at radius 3 is 2.86 bits per heavy atom. The van der Waals surface area contributed by atoms with Gasteiger partial charge in [0.15, 0.2) is 0 Å². The van der Waals surface area contributed by atoms with E-state index < -0.39 is 0 Å². The van der Waals surface area contributed by atoms with Crippen molar-refractivity contribution in [3.05, 3.63) is 23.8 Å². The van der Waals surface area contributed by atoms with E-state index in [-0.39, 0.29) is 0 Å². The first-order chi connectivity index (χ1) is 10.1. The topological polar surface area (TPSA) is 24.5 Å². The van der Waals surface area contributed by atoms with Crippen LogP contribution in [0.4, 0.5) is 5.69 Å². The molecular formula is C18H30N2O. The molecule has 1 aromatic carbocycles. The van der Waals surface area contributed by atoms with Crippen molar-refractivity contribution in [2.75, 3.05) is 31.6 Å². The summed E-state index contributed by atoms with van der Waals surface area (Å²) >= 11 is 0. The van der Waals surface area contributed by atoms with Crippen LogP contribution in [0.1, 0.15) is 39.2 Å². The number of anilines is 1. The molecule has 3 nitrogen and oxygen atoms in total. The van der Waals surface area contributed by atoms with Gasteiger partial charge in [0.1, 0.15) is 5.75 Å². The molecule has 0 spiro atoms. The summed E-state index contributed by atoms with van der Waals surface area (Å²) in [5.74, 6) is 2.46. The molecule has 0 radical (unpaired) electrons. The fraction of sp³-hybridized carbons (Fsp3) is 0.667. The number of nitrogens with zero attached hydrogens (tertiary/aromatic N) is 1. The van der Waals surface area contributed by atoms with E-state index in [4.69, 9.17) is 4.74 Å². The molecule has 1 aliphatic rings. The lowest BCUT2D eigenvalue weighted by molar-refractivity contribution is 0.404. The highest BCUT2D eigenvalue weighted by atomic mass is 16.5. The summed E-state index contributed by atoms with van der Waals surface area (Å²) in [6, 6.07) is 6.63. The Morgan fingerprint density at radius 2 is 2.19 bits per heavy atom. The Labute approximate surface area is 129 Å². The van der Waals surface area contributed by atoms with Gasteiger partial charge in [0, 0.05) is 19.6 Å². The summed E-state index contributed by atoms with van der Waals surface area (Å²) in [5, 5.41) is 3.49. The van der Waals surface area contributed by atoms with Crippen molar-refractivity contribution < 1.29 is 4.74 Å². The molecule has 0 bridgehead atoms. The zero-order valence-electron chi connectivity index (χ0n) is 14.0. The Balaban J connectivity index is 2.05. The van der Waals surface area contributed by atoms with Crippen LogP contribution in [0.25, 0.3) is 0 Å². The largest absolute Gasteiger partial charge is 0.495 e. The van der Waals surface area contributed by atoms with Gasteiger partial charge in [0.25, 0.3) is 0 Å². The quantitative estimate of drug-likeness (QED) is 0.865. The average Bonchev–Trinajstić information content (AvgIpc) is 2.46. The SMILES string of the molecule is COc1cc(CNCC(C)C)ccc1N1CCCC(C)C1. The van der Waals surface area contributed by atoms with E-state index in [1.807, 2.05) is 0 Å². The summed E-state index contributed by atoms with van der Waals surface area (Å²) in [7, 11) is 1.78. The normalized spacial score (nSPS) is 19.1. The fourth-order valence-electron chi connectivity index (χ4n) is 3.01. The highest BCUT2D eigenvalue weighted by Crippen LogP contribution is 2.32. The lowest BCUT2D eigenvalue weighted by Crippen LogP contribution is -2.34. The van der Waals surface area contributed by atoms with E-state index in [9.17, 15) is 0 Å². The molecule has 1 N–H and O–H groups in total. The second-order valence-electron chi connectivity index (χ2n) is 6.72. The molecule has 118 valence electrons. The minimum atomic E-state index is 0.681. The molecule has 3 heteroatoms. The van der Waals surface area contributed by atoms with E-state index in [0.29, 0.717) is 5.92 Å². The van der Waals surface area contributed by atoms with Crippen LogP contribution in [0.3, 0.4) is 0 Å². The molecule has 2 rings (SSSR count). The Bertz CT molecular complexity index is 445. The number of hydrogen-bond donors (Lipinski definition) is 1. The lowest BCUT2D eigenvalue weighted by Gasteiger charge is -2.33. The summed E-state index contributed by atoms with van der Waals surface area (Å²) in [4.78, 5) is 2.47. The van der Waals surface area contributed by atoms with Crippen molar-refractivity contribution in [3.8, 4) is 5.75 Å². The summed E-state index contributed by atoms with van der Waals surface area (Å²) in [6.45, 7) is 11.0. The molecule has 21 heavy (non-hydrogen) atoms. The van der Waals surface area contributed by atoms with Crippen LogP contribution in [0.2, 0.25) is 0 Å². The van der Waals surface area contributed by atoms with Gasteiger partial charge < -0.3 is 15.0 Å². The first-order valence-electron chi connectivity index (χ1n) is 8.22. The van der Waals surface area contributed by atoms with Crippen LogP contribution >= 0.6 is 0 Å². The van der Waals surface area contributed by atoms with Gasteiger partial charge in [-0.1, -0.05) is 26.8 Å². The monoisotopic (exact) mass is 290 g/mol. The highest BCUT2D eigenvalue weighted by Gasteiger charge is 2.19. The molecule has 1 aliphatic heterocycles. The zero-order valence-corrected chi connectivity index (χ0v) is 14.0. The standard InChI is InChI=1S/C18H30N2O/c1-14(2)11-19-12-16-7-8-17(18(10-16)21-4)20-9-5-6-15(3)13-20/h7-8,10,14-15,19H,5-6,9,11-13H2,1-4H3. The maximum absolute atomic E-state index is 5.63. The number of ether oxygens (including phenoxy) is 1. The van der Waals surface area contributed by atoms with Gasteiger partial charge in [-0.15, -0.1) is 0 Å². The molecule has 1 atom stereocenters. The number of nitrogens with one attached hydrogen (secondary N) is 1. The van der Waals surface area contributed by atoms with Crippen molar-refractivity contribution in [2.45, 2.75) is 40.2 Å². The molecular weight excluding hydrogens is 260 g/mol. The molecule has 0 amide bonds. The van der Waals surface area contributed by atoms with E-state index in [1.165, 1.54) is 24.1 Å². The molecule has 1 fully saturated rings. The van der Waals surface area contributed by atoms with Crippen LogP contribution in [0.5, 0.6) is 5.75 Å². The summed E-state index contributed by atoms with van der Waals surface area (Å²) < 4.78 is 5.63. The van der Waals surface area contributed by atoms with Crippen LogP contribution < -0.4 is 15.0 Å². The van der Waals surface area contributed by atoms with E-state index in [2.05, 4.69) is 49.2 Å². The third kappa shape index (κ3) is 4.63. The molecule has 1 saturated heterocycles. The third-order valence-electron chi connectivity index (χ3n) is 4.12. The molecule has 0 saturated carbocycles. The lowest BCUT2D eigenvalue weighted by atomic mass is 9.99. The van der Waals surface area contributed by atoms with Crippen LogP contribution in [0, 0.1) is 11.8 Å². The first-order valence-corrected chi connectivity index (χ1v) is 8.22. The highest BCUT2D eigenvalue weighted by molar-refractivity contribution is 5.60. The van der Waals surface area contributed by atoms with Crippen LogP contribution in [-0.4, -0.2) is 26.7 Å². The van der Waals surface area contributed by atoms with E-state index >= 15 is 0 Å². The number of hydrogen-bond acceptors (Lipinski definition) is 3. The van der Waals surface area contributed by atoms with Crippen LogP contribution in [-0.2, 0) is 6.54 Å². The van der Waals surface area contributed by atoms with Gasteiger partial charge in [-0.05, 0) is 48.9 Å². The van der Waals surface area contributed by atoms with Crippen molar-refractivity contribution in [1.29, 1.82) is 0 Å². The Kier molecular flexibility index (Phi) is 5.92. The van der Waals surface area contributed by atoms with E-state index in [0.717, 1.165) is 37.8 Å².